The van der Waals surface area contributed by atoms with Crippen LogP contribution >= 0.6 is 11.6 Å². The third-order valence-corrected chi connectivity index (χ3v) is 3.90. The zero-order chi connectivity index (χ0) is 16.4. The zero-order valence-electron chi connectivity index (χ0n) is 12.6. The molecule has 3 aromatic rings. The summed E-state index contributed by atoms with van der Waals surface area (Å²) in [6.07, 6.45) is -0.842. The van der Waals surface area contributed by atoms with Gasteiger partial charge in [-0.2, -0.15) is 0 Å². The first kappa shape index (κ1) is 15.8. The molecule has 3 N–H and O–H groups in total. The smallest absolute Gasteiger partial charge is 0.119 e. The van der Waals surface area contributed by atoms with E-state index in [9.17, 15) is 5.11 Å². The lowest BCUT2D eigenvalue weighted by Gasteiger charge is -2.16. The number of aliphatic hydroxyl groups excluding tert-OH is 2. The summed E-state index contributed by atoms with van der Waals surface area (Å²) in [5.74, 6) is 0.721. The molecule has 0 saturated heterocycles. The molecule has 5 nitrogen and oxygen atoms in total. The van der Waals surface area contributed by atoms with E-state index in [0.717, 1.165) is 33.2 Å². The molecule has 0 spiro atoms. The number of aliphatic hydroxyl groups is 2. The Bertz CT molecular complexity index is 854. The molecular formula is C17H17ClN2O3. The molecule has 0 aliphatic heterocycles. The first-order chi connectivity index (χ1) is 11.1. The van der Waals surface area contributed by atoms with Gasteiger partial charge in [-0.05, 0) is 36.4 Å². The third-order valence-electron chi connectivity index (χ3n) is 3.67. The summed E-state index contributed by atoms with van der Waals surface area (Å²) < 4.78 is 5.29. The molecule has 2 aromatic carbocycles. The van der Waals surface area contributed by atoms with Crippen LogP contribution in [0.1, 0.15) is 0 Å². The van der Waals surface area contributed by atoms with E-state index in [1.807, 2.05) is 24.3 Å². The van der Waals surface area contributed by atoms with Crippen molar-refractivity contribution in [3.8, 4) is 5.75 Å². The summed E-state index contributed by atoms with van der Waals surface area (Å²) in [4.78, 5) is 4.63. The van der Waals surface area contributed by atoms with Crippen LogP contribution in [0.3, 0.4) is 0 Å². The van der Waals surface area contributed by atoms with Crippen molar-refractivity contribution in [2.75, 3.05) is 25.6 Å². The molecule has 1 atom stereocenters. The van der Waals surface area contributed by atoms with E-state index >= 15 is 0 Å². The highest BCUT2D eigenvalue weighted by Gasteiger charge is 2.12. The minimum atomic E-state index is -0.842. The van der Waals surface area contributed by atoms with Crippen LogP contribution in [0.15, 0.2) is 36.4 Å². The molecule has 0 aliphatic carbocycles. The van der Waals surface area contributed by atoms with E-state index in [-0.39, 0.29) is 13.2 Å². The summed E-state index contributed by atoms with van der Waals surface area (Å²) in [6.45, 7) is -0.0757. The summed E-state index contributed by atoms with van der Waals surface area (Å²) in [6, 6.07) is 11.1. The predicted octanol–water partition coefficient (Wildman–Crippen LogP) is 2.82. The first-order valence-electron chi connectivity index (χ1n) is 7.22. The number of aromatic nitrogens is 1. The second kappa shape index (κ2) is 6.58. The number of methoxy groups -OCH3 is 1. The van der Waals surface area contributed by atoms with Crippen molar-refractivity contribution in [2.45, 2.75) is 6.10 Å². The summed E-state index contributed by atoms with van der Waals surface area (Å²) in [5, 5.41) is 24.2. The Balaban J connectivity index is 2.22. The molecule has 23 heavy (non-hydrogen) atoms. The fourth-order valence-corrected chi connectivity index (χ4v) is 2.66. The van der Waals surface area contributed by atoms with Crippen molar-refractivity contribution in [2.24, 2.45) is 0 Å². The Kier molecular flexibility index (Phi) is 4.52. The number of benzene rings is 2. The lowest BCUT2D eigenvalue weighted by Crippen LogP contribution is -2.23. The molecule has 0 amide bonds. The van der Waals surface area contributed by atoms with Gasteiger partial charge < -0.3 is 20.3 Å². The molecule has 0 saturated carbocycles. The number of rotatable bonds is 5. The maximum absolute atomic E-state index is 9.63. The Morgan fingerprint density at radius 1 is 1.17 bits per heavy atom. The van der Waals surface area contributed by atoms with Crippen molar-refractivity contribution in [1.82, 2.24) is 4.98 Å². The van der Waals surface area contributed by atoms with E-state index in [4.69, 9.17) is 21.4 Å². The van der Waals surface area contributed by atoms with Crippen LogP contribution in [-0.4, -0.2) is 41.6 Å². The molecule has 6 heteroatoms. The zero-order valence-corrected chi connectivity index (χ0v) is 13.3. The van der Waals surface area contributed by atoms with Crippen molar-refractivity contribution in [3.05, 3.63) is 41.4 Å². The van der Waals surface area contributed by atoms with Gasteiger partial charge in [0.2, 0.25) is 0 Å². The number of anilines is 1. The predicted molar refractivity (Wildman–Crippen MR) is 92.4 cm³/mol. The van der Waals surface area contributed by atoms with Crippen molar-refractivity contribution in [3.63, 3.8) is 0 Å². The van der Waals surface area contributed by atoms with Gasteiger partial charge in [-0.1, -0.05) is 11.6 Å². The molecule has 0 fully saturated rings. The number of halogens is 1. The quantitative estimate of drug-likeness (QED) is 0.626. The first-order valence-corrected chi connectivity index (χ1v) is 7.60. The van der Waals surface area contributed by atoms with Gasteiger partial charge in [0, 0.05) is 22.3 Å². The molecule has 1 heterocycles. The van der Waals surface area contributed by atoms with Gasteiger partial charge >= 0.3 is 0 Å². The van der Waals surface area contributed by atoms with Crippen LogP contribution in [-0.2, 0) is 0 Å². The van der Waals surface area contributed by atoms with Crippen molar-refractivity contribution < 1.29 is 14.9 Å². The number of nitrogens with one attached hydrogen (secondary N) is 1. The van der Waals surface area contributed by atoms with Gasteiger partial charge in [-0.3, -0.25) is 0 Å². The molecule has 0 bridgehead atoms. The lowest BCUT2D eigenvalue weighted by atomic mass is 10.1. The van der Waals surface area contributed by atoms with Gasteiger partial charge in [-0.15, -0.1) is 0 Å². The lowest BCUT2D eigenvalue weighted by molar-refractivity contribution is 0.105. The van der Waals surface area contributed by atoms with Crippen LogP contribution in [0.25, 0.3) is 21.8 Å². The van der Waals surface area contributed by atoms with Crippen molar-refractivity contribution >= 4 is 39.1 Å². The molecular weight excluding hydrogens is 316 g/mol. The molecule has 0 radical (unpaired) electrons. The van der Waals surface area contributed by atoms with Gasteiger partial charge in [-0.25, -0.2) is 4.98 Å². The second-order valence-corrected chi connectivity index (χ2v) is 5.69. The van der Waals surface area contributed by atoms with Crippen LogP contribution in [0.5, 0.6) is 5.75 Å². The Hall–Kier alpha value is -2.08. The maximum atomic E-state index is 9.63. The molecule has 0 aliphatic rings. The molecule has 120 valence electrons. The van der Waals surface area contributed by atoms with Gasteiger partial charge in [0.25, 0.3) is 0 Å². The summed E-state index contributed by atoms with van der Waals surface area (Å²) in [7, 11) is 1.61. The Morgan fingerprint density at radius 2 is 2.00 bits per heavy atom. The number of fused-ring (bicyclic) bond motifs is 2. The van der Waals surface area contributed by atoms with Crippen molar-refractivity contribution in [1.29, 1.82) is 0 Å². The maximum Gasteiger partial charge on any atom is 0.119 e. The van der Waals surface area contributed by atoms with Crippen LogP contribution in [0.4, 0.5) is 5.69 Å². The third kappa shape index (κ3) is 3.17. The Morgan fingerprint density at radius 3 is 2.74 bits per heavy atom. The van der Waals surface area contributed by atoms with Crippen LogP contribution < -0.4 is 10.1 Å². The average molecular weight is 333 g/mol. The number of hydrogen-bond acceptors (Lipinski definition) is 5. The highest BCUT2D eigenvalue weighted by Crippen LogP contribution is 2.34. The van der Waals surface area contributed by atoms with E-state index in [0.29, 0.717) is 5.02 Å². The van der Waals surface area contributed by atoms with Gasteiger partial charge in [0.05, 0.1) is 36.5 Å². The fourth-order valence-electron chi connectivity index (χ4n) is 2.50. The van der Waals surface area contributed by atoms with E-state index in [1.54, 1.807) is 19.2 Å². The highest BCUT2D eigenvalue weighted by atomic mass is 35.5. The highest BCUT2D eigenvalue weighted by molar-refractivity contribution is 6.31. The monoisotopic (exact) mass is 332 g/mol. The van der Waals surface area contributed by atoms with Gasteiger partial charge in [0.15, 0.2) is 0 Å². The number of hydrogen-bond donors (Lipinski definition) is 3. The molecule has 3 rings (SSSR count). The topological polar surface area (TPSA) is 74.6 Å². The number of ether oxygens (including phenoxy) is 1. The SMILES string of the molecule is COc1ccc2nc3cc(Cl)ccc3c(NCC(O)CO)c2c1. The van der Waals surface area contributed by atoms with E-state index < -0.39 is 6.10 Å². The average Bonchev–Trinajstić information content (AvgIpc) is 2.57. The normalized spacial score (nSPS) is 12.5. The summed E-state index contributed by atoms with van der Waals surface area (Å²) >= 11 is 6.07. The van der Waals surface area contributed by atoms with Crippen LogP contribution in [0.2, 0.25) is 5.02 Å². The van der Waals surface area contributed by atoms with E-state index in [1.165, 1.54) is 0 Å². The van der Waals surface area contributed by atoms with Gasteiger partial charge in [0.1, 0.15) is 5.75 Å². The molecule has 1 unspecified atom stereocenters. The standard InChI is InChI=1S/C17H17ClN2O3/c1-23-12-3-5-15-14(7-12)17(19-8-11(22)9-21)13-4-2-10(18)6-16(13)20-15/h2-7,11,21-22H,8-9H2,1H3,(H,19,20). The Labute approximate surface area is 138 Å². The molecule has 1 aromatic heterocycles. The second-order valence-electron chi connectivity index (χ2n) is 5.25. The minimum absolute atomic E-state index is 0.227. The number of pyridine rings is 1. The summed E-state index contributed by atoms with van der Waals surface area (Å²) in [5.41, 5.74) is 2.38. The number of nitrogens with zero attached hydrogens (tertiary/aromatic N) is 1. The van der Waals surface area contributed by atoms with E-state index in [2.05, 4.69) is 10.3 Å². The van der Waals surface area contributed by atoms with Crippen LogP contribution in [0, 0.1) is 0 Å². The largest absolute Gasteiger partial charge is 0.497 e. The fraction of sp³-hybridized carbons (Fsp3) is 0.235. The minimum Gasteiger partial charge on any atom is -0.497 e.